The van der Waals surface area contributed by atoms with E-state index in [0.29, 0.717) is 13.0 Å². The van der Waals surface area contributed by atoms with Gasteiger partial charge in [-0.2, -0.15) is 0 Å². The Morgan fingerprint density at radius 1 is 0.882 bits per heavy atom. The van der Waals surface area contributed by atoms with Crippen molar-refractivity contribution in [2.45, 2.75) is 12.5 Å². The van der Waals surface area contributed by atoms with Crippen molar-refractivity contribution in [3.05, 3.63) is 90.1 Å². The summed E-state index contributed by atoms with van der Waals surface area (Å²) < 4.78 is 18.9. The first-order chi connectivity index (χ1) is 16.6. The third kappa shape index (κ3) is 6.23. The number of piperazine rings is 1. The van der Waals surface area contributed by atoms with Gasteiger partial charge in [0.2, 0.25) is 0 Å². The number of furan rings is 1. The predicted octanol–water partition coefficient (Wildman–Crippen LogP) is 2.76. The lowest BCUT2D eigenvalue weighted by molar-refractivity contribution is -0.139. The van der Waals surface area contributed by atoms with Crippen molar-refractivity contribution < 1.29 is 18.4 Å². The minimum atomic E-state index is -0.658. The molecule has 0 saturated carbocycles. The largest absolute Gasteiger partial charge is 0.468 e. The van der Waals surface area contributed by atoms with E-state index in [4.69, 9.17) is 4.42 Å². The Morgan fingerprint density at radius 3 is 2.26 bits per heavy atom. The van der Waals surface area contributed by atoms with Crippen LogP contribution in [0, 0.1) is 5.82 Å². The van der Waals surface area contributed by atoms with E-state index in [9.17, 15) is 14.0 Å². The van der Waals surface area contributed by atoms with E-state index in [2.05, 4.69) is 20.4 Å². The summed E-state index contributed by atoms with van der Waals surface area (Å²) in [4.78, 5) is 29.1. The van der Waals surface area contributed by atoms with Gasteiger partial charge in [-0.3, -0.25) is 14.5 Å². The lowest BCUT2D eigenvalue weighted by Gasteiger charge is -2.39. The maximum absolute atomic E-state index is 13.2. The monoisotopic (exact) mass is 464 g/mol. The third-order valence-corrected chi connectivity index (χ3v) is 6.02. The Labute approximate surface area is 198 Å². The van der Waals surface area contributed by atoms with Crippen LogP contribution < -0.4 is 15.5 Å². The second-order valence-electron chi connectivity index (χ2n) is 8.23. The van der Waals surface area contributed by atoms with Crippen LogP contribution in [0.4, 0.5) is 10.1 Å². The number of nitrogens with zero attached hydrogens (tertiary/aromatic N) is 2. The summed E-state index contributed by atoms with van der Waals surface area (Å²) in [5.74, 6) is -0.815. The Bertz CT molecular complexity index is 1050. The molecule has 0 spiro atoms. The molecule has 3 aromatic rings. The highest BCUT2D eigenvalue weighted by Gasteiger charge is 2.28. The van der Waals surface area contributed by atoms with Crippen molar-refractivity contribution in [2.75, 3.05) is 44.2 Å². The first-order valence-electron chi connectivity index (χ1n) is 11.5. The zero-order valence-electron chi connectivity index (χ0n) is 19.0. The molecule has 1 saturated heterocycles. The molecule has 1 aliphatic heterocycles. The average molecular weight is 465 g/mol. The van der Waals surface area contributed by atoms with Crippen molar-refractivity contribution in [2.24, 2.45) is 0 Å². The average Bonchev–Trinajstić information content (AvgIpc) is 3.40. The van der Waals surface area contributed by atoms with Gasteiger partial charge in [-0.1, -0.05) is 30.3 Å². The molecular formula is C26H29FN4O3. The van der Waals surface area contributed by atoms with Gasteiger partial charge in [0, 0.05) is 45.0 Å². The number of benzene rings is 2. The first kappa shape index (κ1) is 23.5. The second kappa shape index (κ2) is 11.5. The maximum atomic E-state index is 13.2. The normalized spacial score (nSPS) is 15.0. The molecule has 1 aromatic heterocycles. The zero-order chi connectivity index (χ0) is 23.8. The van der Waals surface area contributed by atoms with Crippen molar-refractivity contribution in [3.8, 4) is 0 Å². The molecule has 0 radical (unpaired) electrons. The Kier molecular flexibility index (Phi) is 7.93. The van der Waals surface area contributed by atoms with Gasteiger partial charge in [0.05, 0.1) is 12.3 Å². The fourth-order valence-electron chi connectivity index (χ4n) is 4.15. The number of anilines is 1. The second-order valence-corrected chi connectivity index (χ2v) is 8.23. The smallest absolute Gasteiger partial charge is 0.309 e. The summed E-state index contributed by atoms with van der Waals surface area (Å²) in [5, 5.41) is 5.43. The number of nitrogens with one attached hydrogen (secondary N) is 2. The molecule has 1 fully saturated rings. The van der Waals surface area contributed by atoms with Crippen LogP contribution >= 0.6 is 0 Å². The standard InChI is InChI=1S/C26H29FN4O3/c27-21-8-10-22(11-9-21)30-14-16-31(17-15-30)23(24-7-4-18-34-24)19-29-26(33)25(32)28-13-12-20-5-2-1-3-6-20/h1-11,18,23H,12-17,19H2,(H,28,32)(H,29,33)/t23-/m1/s1. The molecule has 2 aromatic carbocycles. The van der Waals surface area contributed by atoms with Gasteiger partial charge in [-0.25, -0.2) is 4.39 Å². The number of rotatable bonds is 8. The Hall–Kier alpha value is -3.65. The van der Waals surface area contributed by atoms with Crippen LogP contribution in [0.5, 0.6) is 0 Å². The molecule has 0 unspecified atom stereocenters. The van der Waals surface area contributed by atoms with E-state index in [1.165, 1.54) is 12.1 Å². The van der Waals surface area contributed by atoms with E-state index in [0.717, 1.165) is 43.2 Å². The molecule has 2 N–H and O–H groups in total. The van der Waals surface area contributed by atoms with Gasteiger partial charge in [0.15, 0.2) is 0 Å². The van der Waals surface area contributed by atoms with Gasteiger partial charge < -0.3 is 20.0 Å². The molecule has 8 heteroatoms. The lowest BCUT2D eigenvalue weighted by Crippen LogP contribution is -2.50. The number of carbonyl (C=O) groups is 2. The van der Waals surface area contributed by atoms with Crippen molar-refractivity contribution in [1.82, 2.24) is 15.5 Å². The molecule has 0 aliphatic carbocycles. The van der Waals surface area contributed by atoms with Crippen LogP contribution in [0.1, 0.15) is 17.4 Å². The number of hydrogen-bond donors (Lipinski definition) is 2. The topological polar surface area (TPSA) is 77.8 Å². The van der Waals surface area contributed by atoms with E-state index >= 15 is 0 Å². The van der Waals surface area contributed by atoms with Gasteiger partial charge in [0.1, 0.15) is 11.6 Å². The van der Waals surface area contributed by atoms with Crippen LogP contribution in [0.15, 0.2) is 77.4 Å². The molecule has 178 valence electrons. The van der Waals surface area contributed by atoms with Crippen LogP contribution in [-0.4, -0.2) is 56.0 Å². The van der Waals surface area contributed by atoms with Gasteiger partial charge in [0.25, 0.3) is 0 Å². The quantitative estimate of drug-likeness (QED) is 0.502. The Morgan fingerprint density at radius 2 is 1.59 bits per heavy atom. The highest BCUT2D eigenvalue weighted by molar-refractivity contribution is 6.35. The van der Waals surface area contributed by atoms with Gasteiger partial charge in [-0.15, -0.1) is 0 Å². The fraction of sp³-hybridized carbons (Fsp3) is 0.308. The van der Waals surface area contributed by atoms with Crippen LogP contribution in [-0.2, 0) is 16.0 Å². The summed E-state index contributed by atoms with van der Waals surface area (Å²) >= 11 is 0. The molecule has 2 heterocycles. The molecule has 1 aliphatic rings. The molecule has 34 heavy (non-hydrogen) atoms. The summed E-state index contributed by atoms with van der Waals surface area (Å²) in [7, 11) is 0. The minimum absolute atomic E-state index is 0.188. The predicted molar refractivity (Wildman–Crippen MR) is 128 cm³/mol. The third-order valence-electron chi connectivity index (χ3n) is 6.02. The van der Waals surface area contributed by atoms with E-state index < -0.39 is 11.8 Å². The molecule has 2 amide bonds. The SMILES string of the molecule is O=C(NCCc1ccccc1)C(=O)NC[C@H](c1ccco1)N1CCN(c2ccc(F)cc2)CC1. The molecule has 0 bridgehead atoms. The molecular weight excluding hydrogens is 435 g/mol. The first-order valence-corrected chi connectivity index (χ1v) is 11.5. The molecule has 4 rings (SSSR count). The Balaban J connectivity index is 1.28. The highest BCUT2D eigenvalue weighted by atomic mass is 19.1. The highest BCUT2D eigenvalue weighted by Crippen LogP contribution is 2.24. The van der Waals surface area contributed by atoms with Crippen LogP contribution in [0.3, 0.4) is 0 Å². The number of hydrogen-bond acceptors (Lipinski definition) is 5. The number of carbonyl (C=O) groups excluding carboxylic acids is 2. The number of amides is 2. The summed E-state index contributed by atoms with van der Waals surface area (Å²) in [5.41, 5.74) is 2.08. The molecule has 7 nitrogen and oxygen atoms in total. The number of halogens is 1. The van der Waals surface area contributed by atoms with Crippen molar-refractivity contribution >= 4 is 17.5 Å². The van der Waals surface area contributed by atoms with Crippen LogP contribution in [0.25, 0.3) is 0 Å². The maximum Gasteiger partial charge on any atom is 0.309 e. The van der Waals surface area contributed by atoms with Crippen LogP contribution in [0.2, 0.25) is 0 Å². The van der Waals surface area contributed by atoms with Gasteiger partial charge >= 0.3 is 11.8 Å². The fourth-order valence-corrected chi connectivity index (χ4v) is 4.15. The van der Waals surface area contributed by atoms with E-state index in [-0.39, 0.29) is 18.4 Å². The summed E-state index contributed by atoms with van der Waals surface area (Å²) in [6, 6.07) is 19.8. The van der Waals surface area contributed by atoms with Gasteiger partial charge in [-0.05, 0) is 48.4 Å². The minimum Gasteiger partial charge on any atom is -0.468 e. The molecule has 1 atom stereocenters. The van der Waals surface area contributed by atoms with Crippen molar-refractivity contribution in [1.29, 1.82) is 0 Å². The lowest BCUT2D eigenvalue weighted by atomic mass is 10.1. The zero-order valence-corrected chi connectivity index (χ0v) is 19.0. The van der Waals surface area contributed by atoms with E-state index in [1.807, 2.05) is 42.5 Å². The van der Waals surface area contributed by atoms with E-state index in [1.54, 1.807) is 18.4 Å². The van der Waals surface area contributed by atoms with Crippen molar-refractivity contribution in [3.63, 3.8) is 0 Å². The summed E-state index contributed by atoms with van der Waals surface area (Å²) in [6.45, 7) is 3.65. The summed E-state index contributed by atoms with van der Waals surface area (Å²) in [6.07, 6.45) is 2.27.